The van der Waals surface area contributed by atoms with Crippen molar-refractivity contribution in [3.8, 4) is 6.07 Å². The second-order valence-corrected chi connectivity index (χ2v) is 3.20. The predicted molar refractivity (Wildman–Crippen MR) is 57.2 cm³/mol. The highest BCUT2D eigenvalue weighted by atomic mass is 16.5. The molecule has 0 saturated heterocycles. The summed E-state index contributed by atoms with van der Waals surface area (Å²) in [5, 5.41) is 8.82. The number of nitriles is 1. The molecule has 4 heteroatoms. The van der Waals surface area contributed by atoms with Crippen molar-refractivity contribution in [1.29, 1.82) is 5.26 Å². The van der Waals surface area contributed by atoms with Gasteiger partial charge in [0.05, 0.1) is 23.8 Å². The van der Waals surface area contributed by atoms with Crippen LogP contribution in [-0.2, 0) is 4.74 Å². The standard InChI is InChI=1S/C12H11NO3/c1-3-16-12(15)11-5-9(6-13)10(7-14)4-8(11)2/h4-5,7H,3H2,1-2H3. The number of esters is 1. The Balaban J connectivity index is 3.27. The van der Waals surface area contributed by atoms with Crippen LogP contribution in [0, 0.1) is 18.3 Å². The molecule has 0 aliphatic rings. The summed E-state index contributed by atoms with van der Waals surface area (Å²) in [4.78, 5) is 22.2. The smallest absolute Gasteiger partial charge is 0.338 e. The third-order valence-electron chi connectivity index (χ3n) is 2.14. The Labute approximate surface area is 93.5 Å². The second kappa shape index (κ2) is 5.08. The van der Waals surface area contributed by atoms with Crippen LogP contribution in [0.1, 0.15) is 38.8 Å². The van der Waals surface area contributed by atoms with Crippen molar-refractivity contribution >= 4 is 12.3 Å². The van der Waals surface area contributed by atoms with Gasteiger partial charge in [0.25, 0.3) is 0 Å². The Morgan fingerprint density at radius 2 is 2.25 bits per heavy atom. The van der Waals surface area contributed by atoms with E-state index in [0.717, 1.165) is 0 Å². The lowest BCUT2D eigenvalue weighted by atomic mass is 10.0. The van der Waals surface area contributed by atoms with Crippen LogP contribution >= 0.6 is 0 Å². The molecule has 0 bridgehead atoms. The van der Waals surface area contributed by atoms with Crippen LogP contribution in [0.25, 0.3) is 0 Å². The molecule has 1 aromatic carbocycles. The number of ether oxygens (including phenoxy) is 1. The molecule has 1 rings (SSSR count). The Kier molecular flexibility index (Phi) is 3.78. The minimum Gasteiger partial charge on any atom is -0.462 e. The average Bonchev–Trinajstić information content (AvgIpc) is 2.28. The zero-order chi connectivity index (χ0) is 12.1. The number of carbonyl (C=O) groups is 2. The summed E-state index contributed by atoms with van der Waals surface area (Å²) in [7, 11) is 0. The normalized spacial score (nSPS) is 9.31. The molecular formula is C12H11NO3. The lowest BCUT2D eigenvalue weighted by molar-refractivity contribution is 0.0525. The highest BCUT2D eigenvalue weighted by molar-refractivity contribution is 5.93. The van der Waals surface area contributed by atoms with Gasteiger partial charge in [-0.3, -0.25) is 4.79 Å². The molecular weight excluding hydrogens is 206 g/mol. The number of nitrogens with zero attached hydrogens (tertiary/aromatic N) is 1. The van der Waals surface area contributed by atoms with Gasteiger partial charge in [0, 0.05) is 5.56 Å². The highest BCUT2D eigenvalue weighted by Gasteiger charge is 2.13. The third-order valence-corrected chi connectivity index (χ3v) is 2.14. The SMILES string of the molecule is CCOC(=O)c1cc(C#N)c(C=O)cc1C. The first-order valence-corrected chi connectivity index (χ1v) is 4.81. The largest absolute Gasteiger partial charge is 0.462 e. The van der Waals surface area contributed by atoms with Gasteiger partial charge in [-0.15, -0.1) is 0 Å². The number of carbonyl (C=O) groups excluding carboxylic acids is 2. The van der Waals surface area contributed by atoms with Gasteiger partial charge in [0.2, 0.25) is 0 Å². The van der Waals surface area contributed by atoms with E-state index in [1.54, 1.807) is 13.8 Å². The van der Waals surface area contributed by atoms with Crippen molar-refractivity contribution in [2.24, 2.45) is 0 Å². The lowest BCUT2D eigenvalue weighted by Gasteiger charge is -2.06. The van der Waals surface area contributed by atoms with Crippen molar-refractivity contribution in [3.63, 3.8) is 0 Å². The summed E-state index contributed by atoms with van der Waals surface area (Å²) >= 11 is 0. The van der Waals surface area contributed by atoms with E-state index in [1.807, 2.05) is 6.07 Å². The predicted octanol–water partition coefficient (Wildman–Crippen LogP) is 1.86. The molecule has 0 N–H and O–H groups in total. The molecule has 0 heterocycles. The van der Waals surface area contributed by atoms with Gasteiger partial charge in [-0.1, -0.05) is 0 Å². The summed E-state index contributed by atoms with van der Waals surface area (Å²) in [5.41, 5.74) is 1.42. The summed E-state index contributed by atoms with van der Waals surface area (Å²) in [5.74, 6) is -0.478. The minimum atomic E-state index is -0.478. The number of aryl methyl sites for hydroxylation is 1. The van der Waals surface area contributed by atoms with Gasteiger partial charge >= 0.3 is 5.97 Å². The van der Waals surface area contributed by atoms with E-state index < -0.39 is 5.97 Å². The van der Waals surface area contributed by atoms with Crippen LogP contribution in [0.4, 0.5) is 0 Å². The van der Waals surface area contributed by atoms with E-state index in [9.17, 15) is 9.59 Å². The maximum Gasteiger partial charge on any atom is 0.338 e. The lowest BCUT2D eigenvalue weighted by Crippen LogP contribution is -2.08. The monoisotopic (exact) mass is 217 g/mol. The van der Waals surface area contributed by atoms with Crippen LogP contribution < -0.4 is 0 Å². The molecule has 0 atom stereocenters. The van der Waals surface area contributed by atoms with E-state index in [2.05, 4.69) is 0 Å². The van der Waals surface area contributed by atoms with E-state index in [1.165, 1.54) is 12.1 Å². The fourth-order valence-corrected chi connectivity index (χ4v) is 1.35. The fourth-order valence-electron chi connectivity index (χ4n) is 1.35. The van der Waals surface area contributed by atoms with Crippen molar-refractivity contribution in [2.45, 2.75) is 13.8 Å². The summed E-state index contributed by atoms with van der Waals surface area (Å²) in [6.45, 7) is 3.67. The van der Waals surface area contributed by atoms with Crippen molar-refractivity contribution < 1.29 is 14.3 Å². The Bertz CT molecular complexity index is 472. The Morgan fingerprint density at radius 1 is 1.56 bits per heavy atom. The number of hydrogen-bond donors (Lipinski definition) is 0. The topological polar surface area (TPSA) is 67.2 Å². The van der Waals surface area contributed by atoms with E-state index in [-0.39, 0.29) is 17.7 Å². The van der Waals surface area contributed by atoms with E-state index in [4.69, 9.17) is 10.00 Å². The van der Waals surface area contributed by atoms with Gasteiger partial charge in [-0.2, -0.15) is 5.26 Å². The van der Waals surface area contributed by atoms with E-state index in [0.29, 0.717) is 17.4 Å². The Morgan fingerprint density at radius 3 is 2.75 bits per heavy atom. The number of hydrogen-bond acceptors (Lipinski definition) is 4. The molecule has 0 aliphatic heterocycles. The van der Waals surface area contributed by atoms with Gasteiger partial charge in [0.1, 0.15) is 0 Å². The third kappa shape index (κ3) is 2.26. The Hall–Kier alpha value is -2.15. The van der Waals surface area contributed by atoms with Crippen LogP contribution in [0.2, 0.25) is 0 Å². The molecule has 16 heavy (non-hydrogen) atoms. The van der Waals surface area contributed by atoms with Crippen LogP contribution in [0.15, 0.2) is 12.1 Å². The first-order valence-electron chi connectivity index (χ1n) is 4.81. The molecule has 0 unspecified atom stereocenters. The summed E-state index contributed by atoms with van der Waals surface area (Å²) < 4.78 is 4.85. The van der Waals surface area contributed by atoms with Gasteiger partial charge < -0.3 is 4.74 Å². The van der Waals surface area contributed by atoms with Crippen LogP contribution in [0.3, 0.4) is 0 Å². The van der Waals surface area contributed by atoms with E-state index >= 15 is 0 Å². The maximum atomic E-state index is 11.5. The maximum absolute atomic E-state index is 11.5. The first-order chi connectivity index (χ1) is 7.63. The van der Waals surface area contributed by atoms with Crippen molar-refractivity contribution in [1.82, 2.24) is 0 Å². The summed E-state index contributed by atoms with van der Waals surface area (Å²) in [6, 6.07) is 4.77. The zero-order valence-corrected chi connectivity index (χ0v) is 9.11. The van der Waals surface area contributed by atoms with Gasteiger partial charge in [-0.25, -0.2) is 4.79 Å². The quantitative estimate of drug-likeness (QED) is 0.572. The average molecular weight is 217 g/mol. The van der Waals surface area contributed by atoms with Gasteiger partial charge in [-0.05, 0) is 31.5 Å². The molecule has 0 aromatic heterocycles. The molecule has 0 spiro atoms. The fraction of sp³-hybridized carbons (Fsp3) is 0.250. The molecule has 0 aliphatic carbocycles. The number of rotatable bonds is 3. The van der Waals surface area contributed by atoms with Gasteiger partial charge in [0.15, 0.2) is 6.29 Å². The molecule has 82 valence electrons. The van der Waals surface area contributed by atoms with Crippen molar-refractivity contribution in [2.75, 3.05) is 6.61 Å². The van der Waals surface area contributed by atoms with Crippen molar-refractivity contribution in [3.05, 3.63) is 34.4 Å². The second-order valence-electron chi connectivity index (χ2n) is 3.20. The van der Waals surface area contributed by atoms with Crippen LogP contribution in [-0.4, -0.2) is 18.9 Å². The number of benzene rings is 1. The zero-order valence-electron chi connectivity index (χ0n) is 9.11. The highest BCUT2D eigenvalue weighted by Crippen LogP contribution is 2.16. The first kappa shape index (κ1) is 11.9. The molecule has 4 nitrogen and oxygen atoms in total. The molecule has 0 amide bonds. The molecule has 1 aromatic rings. The molecule has 0 radical (unpaired) electrons. The number of aldehydes is 1. The minimum absolute atomic E-state index is 0.184. The summed E-state index contributed by atoms with van der Waals surface area (Å²) in [6.07, 6.45) is 0.598. The molecule has 0 fully saturated rings. The molecule has 0 saturated carbocycles. The van der Waals surface area contributed by atoms with Crippen LogP contribution in [0.5, 0.6) is 0 Å².